The van der Waals surface area contributed by atoms with Crippen LogP contribution >= 0.6 is 0 Å². The van der Waals surface area contributed by atoms with Gasteiger partial charge in [0.2, 0.25) is 0 Å². The standard InChI is InChI=1S/C61H42N2O/c1-6-21-43(22-7-1)50-31-16-18-35-58(50)63(47-29-14-5-15-30-47)49-38-40-56-54(42-49)53-41-48(62(45-25-10-3-11-26-45)46-27-12-4-13-28-46)37-39-55(53)61(56,44-23-8-2-9-24-44)57-34-20-33-52-51-32-17-19-36-59(51)64-60(52)57/h1-42H/i2D,8D,9D,23D,24D. The second kappa shape index (κ2) is 15.5. The number of furan rings is 1. The number of fused-ring (bicyclic) bond motifs is 6. The van der Waals surface area contributed by atoms with E-state index in [2.05, 4.69) is 131 Å². The van der Waals surface area contributed by atoms with E-state index < -0.39 is 23.5 Å². The van der Waals surface area contributed by atoms with Crippen molar-refractivity contribution >= 4 is 56.1 Å². The van der Waals surface area contributed by atoms with Crippen LogP contribution in [0.5, 0.6) is 0 Å². The predicted octanol–water partition coefficient (Wildman–Crippen LogP) is 16.6. The molecule has 1 aromatic heterocycles. The van der Waals surface area contributed by atoms with Crippen molar-refractivity contribution in [1.29, 1.82) is 0 Å². The van der Waals surface area contributed by atoms with Crippen LogP contribution in [0.3, 0.4) is 0 Å². The minimum Gasteiger partial charge on any atom is -0.456 e. The number of benzene rings is 10. The van der Waals surface area contributed by atoms with Crippen molar-refractivity contribution in [3.8, 4) is 22.3 Å². The molecular weight excluding hydrogens is 777 g/mol. The van der Waals surface area contributed by atoms with Crippen molar-refractivity contribution in [2.75, 3.05) is 9.80 Å². The molecule has 0 saturated carbocycles. The number of rotatable bonds is 9. The van der Waals surface area contributed by atoms with Crippen molar-refractivity contribution in [3.63, 3.8) is 0 Å². The Morgan fingerprint density at radius 1 is 0.375 bits per heavy atom. The van der Waals surface area contributed by atoms with E-state index in [9.17, 15) is 5.48 Å². The fourth-order valence-electron chi connectivity index (χ4n) is 9.90. The van der Waals surface area contributed by atoms with E-state index >= 15 is 0 Å². The first-order valence-corrected chi connectivity index (χ1v) is 21.5. The van der Waals surface area contributed by atoms with Crippen LogP contribution in [-0.4, -0.2) is 0 Å². The first-order chi connectivity index (χ1) is 33.8. The van der Waals surface area contributed by atoms with Gasteiger partial charge in [-0.3, -0.25) is 0 Å². The number of hydrogen-bond acceptors (Lipinski definition) is 3. The van der Waals surface area contributed by atoms with Crippen LogP contribution in [0.1, 0.15) is 29.1 Å². The number of hydrogen-bond donors (Lipinski definition) is 0. The van der Waals surface area contributed by atoms with E-state index in [1.807, 2.05) is 103 Å². The predicted molar refractivity (Wildman–Crippen MR) is 266 cm³/mol. The van der Waals surface area contributed by atoms with Gasteiger partial charge in [0, 0.05) is 50.3 Å². The lowest BCUT2D eigenvalue weighted by Crippen LogP contribution is -2.29. The molecule has 1 aliphatic carbocycles. The van der Waals surface area contributed by atoms with E-state index in [4.69, 9.17) is 5.79 Å². The Labute approximate surface area is 380 Å². The van der Waals surface area contributed by atoms with Crippen LogP contribution < -0.4 is 9.80 Å². The molecule has 3 heteroatoms. The Morgan fingerprint density at radius 2 is 0.891 bits per heavy atom. The van der Waals surface area contributed by atoms with Gasteiger partial charge >= 0.3 is 0 Å². The summed E-state index contributed by atoms with van der Waals surface area (Å²) in [6, 6.07) is 74.5. The molecule has 1 heterocycles. The summed E-state index contributed by atoms with van der Waals surface area (Å²) in [7, 11) is 0. The van der Waals surface area contributed by atoms with E-state index in [0.29, 0.717) is 16.7 Å². The fraction of sp³-hybridized carbons (Fsp3) is 0.0164. The van der Waals surface area contributed by atoms with Gasteiger partial charge < -0.3 is 14.2 Å². The largest absolute Gasteiger partial charge is 0.456 e. The molecule has 1 atom stereocenters. The zero-order chi connectivity index (χ0) is 46.8. The Kier molecular flexibility index (Phi) is 7.83. The summed E-state index contributed by atoms with van der Waals surface area (Å²) in [5.74, 6) is 0. The first-order valence-electron chi connectivity index (χ1n) is 24.0. The molecule has 64 heavy (non-hydrogen) atoms. The van der Waals surface area contributed by atoms with Crippen molar-refractivity contribution in [3.05, 3.63) is 277 Å². The number of anilines is 6. The molecule has 10 aromatic carbocycles. The lowest BCUT2D eigenvalue weighted by molar-refractivity contribution is 0.648. The van der Waals surface area contributed by atoms with E-state index in [-0.39, 0.29) is 17.6 Å². The molecule has 12 rings (SSSR count). The van der Waals surface area contributed by atoms with Crippen LogP contribution in [0, 0.1) is 0 Å². The molecule has 0 spiro atoms. The summed E-state index contributed by atoms with van der Waals surface area (Å²) in [6.45, 7) is 0. The monoisotopic (exact) mass is 823 g/mol. The van der Waals surface area contributed by atoms with Crippen LogP contribution in [0.2, 0.25) is 0 Å². The van der Waals surface area contributed by atoms with Crippen LogP contribution in [-0.2, 0) is 5.41 Å². The maximum atomic E-state index is 9.83. The van der Waals surface area contributed by atoms with Crippen molar-refractivity contribution in [2.24, 2.45) is 0 Å². The van der Waals surface area contributed by atoms with Crippen LogP contribution in [0.25, 0.3) is 44.2 Å². The number of para-hydroxylation sites is 6. The molecule has 0 fully saturated rings. The minimum absolute atomic E-state index is 0.152. The van der Waals surface area contributed by atoms with Crippen molar-refractivity contribution in [1.82, 2.24) is 0 Å². The highest BCUT2D eigenvalue weighted by Crippen LogP contribution is 2.60. The Balaban J connectivity index is 1.22. The highest BCUT2D eigenvalue weighted by Gasteiger charge is 2.48. The fourth-order valence-corrected chi connectivity index (χ4v) is 9.90. The Morgan fingerprint density at radius 3 is 1.53 bits per heavy atom. The van der Waals surface area contributed by atoms with Crippen LogP contribution in [0.4, 0.5) is 34.1 Å². The van der Waals surface area contributed by atoms with Crippen molar-refractivity contribution < 1.29 is 11.3 Å². The van der Waals surface area contributed by atoms with Gasteiger partial charge in [-0.05, 0) is 106 Å². The zero-order valence-corrected chi connectivity index (χ0v) is 34.7. The highest BCUT2D eigenvalue weighted by atomic mass is 16.3. The molecule has 0 saturated heterocycles. The topological polar surface area (TPSA) is 19.6 Å². The normalized spacial score (nSPS) is 15.1. The molecule has 0 radical (unpaired) electrons. The number of nitrogens with zero attached hydrogens (tertiary/aromatic N) is 2. The van der Waals surface area contributed by atoms with Crippen molar-refractivity contribution in [2.45, 2.75) is 5.41 Å². The third kappa shape index (κ3) is 5.97. The second-order valence-electron chi connectivity index (χ2n) is 16.1. The average Bonchev–Trinajstić information content (AvgIpc) is 3.92. The maximum absolute atomic E-state index is 9.83. The summed E-state index contributed by atoms with van der Waals surface area (Å²) in [5.41, 5.74) is 11.6. The van der Waals surface area contributed by atoms with Gasteiger partial charge in [0.15, 0.2) is 0 Å². The minimum atomic E-state index is -1.47. The van der Waals surface area contributed by atoms with Crippen LogP contribution in [0.15, 0.2) is 259 Å². The van der Waals surface area contributed by atoms with Gasteiger partial charge in [-0.15, -0.1) is 0 Å². The van der Waals surface area contributed by atoms with Gasteiger partial charge in [-0.1, -0.05) is 182 Å². The first kappa shape index (κ1) is 32.3. The summed E-state index contributed by atoms with van der Waals surface area (Å²) >= 11 is 0. The second-order valence-corrected chi connectivity index (χ2v) is 16.1. The summed E-state index contributed by atoms with van der Waals surface area (Å²) in [4.78, 5) is 4.50. The lowest BCUT2D eigenvalue weighted by atomic mass is 9.67. The zero-order valence-electron chi connectivity index (χ0n) is 39.7. The molecule has 0 N–H and O–H groups in total. The SMILES string of the molecule is [2H]c1c([2H])c([2H])c(C2(c3cccc4c3oc3ccccc34)c3ccc(N(c4ccccc4)c4ccccc4)cc3-c3cc(N(c4ccccc4)c4ccccc4-c4ccccc4)ccc32)c([2H])c1[2H]. The van der Waals surface area contributed by atoms with E-state index in [0.717, 1.165) is 78.3 Å². The summed E-state index contributed by atoms with van der Waals surface area (Å²) in [6.07, 6.45) is 0. The molecule has 302 valence electrons. The summed E-state index contributed by atoms with van der Waals surface area (Å²) in [5, 5.41) is 1.79. The average molecular weight is 824 g/mol. The van der Waals surface area contributed by atoms with E-state index in [1.165, 1.54) is 0 Å². The van der Waals surface area contributed by atoms with Gasteiger partial charge in [0.05, 0.1) is 18.0 Å². The molecular formula is C61H42N2O. The molecule has 0 aliphatic heterocycles. The quantitative estimate of drug-likeness (QED) is 0.145. The highest BCUT2D eigenvalue weighted by molar-refractivity contribution is 6.07. The Hall–Kier alpha value is -8.40. The van der Waals surface area contributed by atoms with Gasteiger partial charge in [-0.25, -0.2) is 0 Å². The Bertz CT molecular complexity index is 3680. The van der Waals surface area contributed by atoms with E-state index in [1.54, 1.807) is 0 Å². The molecule has 1 unspecified atom stereocenters. The lowest BCUT2D eigenvalue weighted by Gasteiger charge is -2.34. The molecule has 11 aromatic rings. The molecule has 0 bridgehead atoms. The molecule has 1 aliphatic rings. The van der Waals surface area contributed by atoms with Gasteiger partial charge in [-0.2, -0.15) is 0 Å². The molecule has 0 amide bonds. The van der Waals surface area contributed by atoms with Gasteiger partial charge in [0.1, 0.15) is 11.2 Å². The molecule has 3 nitrogen and oxygen atoms in total. The maximum Gasteiger partial charge on any atom is 0.140 e. The third-order valence-corrected chi connectivity index (χ3v) is 12.6. The smallest absolute Gasteiger partial charge is 0.140 e. The summed E-state index contributed by atoms with van der Waals surface area (Å²) < 4.78 is 53.7. The third-order valence-electron chi connectivity index (χ3n) is 12.6. The van der Waals surface area contributed by atoms with Gasteiger partial charge in [0.25, 0.3) is 0 Å².